The van der Waals surface area contributed by atoms with Crippen LogP contribution in [0.25, 0.3) is 10.8 Å². The summed E-state index contributed by atoms with van der Waals surface area (Å²) < 4.78 is 34.7. The normalized spacial score (nSPS) is 14.2. The van der Waals surface area contributed by atoms with Crippen molar-refractivity contribution in [1.29, 1.82) is 0 Å². The van der Waals surface area contributed by atoms with Gasteiger partial charge in [-0.25, -0.2) is 15.0 Å². The Morgan fingerprint density at radius 1 is 1.19 bits per heavy atom. The number of nitrogens with one attached hydrogen (secondary N) is 1. The second-order valence-electron chi connectivity index (χ2n) is 5.27. The monoisotopic (exact) mass is 376 g/mol. The third-order valence-electron chi connectivity index (χ3n) is 3.34. The van der Waals surface area contributed by atoms with Crippen molar-refractivity contribution in [2.24, 2.45) is 0 Å². The molecule has 4 rings (SSSR count). The molecule has 0 spiro atoms. The number of nitrogens with zero attached hydrogens (tertiary/aromatic N) is 3. The molecule has 1 aliphatic heterocycles. The number of benzene rings is 1. The van der Waals surface area contributed by atoms with E-state index in [1.54, 1.807) is 23.8 Å². The number of alkyl halides is 2. The Bertz CT molecular complexity index is 965. The van der Waals surface area contributed by atoms with Crippen LogP contribution in [-0.2, 0) is 11.2 Å². The minimum atomic E-state index is -3.69. The second-order valence-corrected chi connectivity index (χ2v) is 6.13. The largest absolute Gasteiger partial charge is 0.586 e. The van der Waals surface area contributed by atoms with E-state index in [4.69, 9.17) is 0 Å². The van der Waals surface area contributed by atoms with Gasteiger partial charge in [0.1, 0.15) is 0 Å². The molecule has 0 radical (unpaired) electrons. The maximum Gasteiger partial charge on any atom is 0.586 e. The molecule has 2 aromatic heterocycles. The lowest BCUT2D eigenvalue weighted by molar-refractivity contribution is -0.286. The molecule has 0 unspecified atom stereocenters. The predicted octanol–water partition coefficient (Wildman–Crippen LogP) is 3.10. The van der Waals surface area contributed by atoms with Crippen molar-refractivity contribution in [3.8, 4) is 22.3 Å². The van der Waals surface area contributed by atoms with Crippen LogP contribution in [0.1, 0.15) is 5.69 Å². The van der Waals surface area contributed by atoms with Crippen LogP contribution in [0.4, 0.5) is 14.5 Å². The van der Waals surface area contributed by atoms with Gasteiger partial charge in [-0.05, 0) is 18.2 Å². The highest BCUT2D eigenvalue weighted by atomic mass is 32.1. The SMILES string of the molecule is O=C(Cc1csc(-c2ncccn2)n1)Nc1ccc2c(c1)OC(F)(F)O2. The molecule has 1 amide bonds. The fraction of sp³-hybridized carbons (Fsp3) is 0.125. The van der Waals surface area contributed by atoms with Crippen LogP contribution < -0.4 is 14.8 Å². The van der Waals surface area contributed by atoms with Crippen LogP contribution >= 0.6 is 11.3 Å². The molecule has 3 aromatic rings. The molecule has 1 aliphatic rings. The standard InChI is InChI=1S/C16H10F2N4O3S/c17-16(18)24-11-3-2-9(6-12(11)25-16)21-13(23)7-10-8-26-15(22-10)14-19-4-1-5-20-14/h1-6,8H,7H2,(H,21,23). The summed E-state index contributed by atoms with van der Waals surface area (Å²) in [6.45, 7) is 0. The summed E-state index contributed by atoms with van der Waals surface area (Å²) >= 11 is 1.33. The van der Waals surface area contributed by atoms with Gasteiger partial charge < -0.3 is 14.8 Å². The minimum Gasteiger partial charge on any atom is -0.395 e. The van der Waals surface area contributed by atoms with Crippen molar-refractivity contribution in [2.45, 2.75) is 12.7 Å². The van der Waals surface area contributed by atoms with E-state index in [-0.39, 0.29) is 23.8 Å². The van der Waals surface area contributed by atoms with Gasteiger partial charge >= 0.3 is 6.29 Å². The number of aromatic nitrogens is 3. The zero-order valence-electron chi connectivity index (χ0n) is 13.0. The lowest BCUT2D eigenvalue weighted by Crippen LogP contribution is -2.25. The summed E-state index contributed by atoms with van der Waals surface area (Å²) in [6, 6.07) is 5.73. The van der Waals surface area contributed by atoms with E-state index >= 15 is 0 Å². The van der Waals surface area contributed by atoms with E-state index < -0.39 is 6.29 Å². The van der Waals surface area contributed by atoms with E-state index in [9.17, 15) is 13.6 Å². The molecule has 132 valence electrons. The van der Waals surface area contributed by atoms with Gasteiger partial charge in [0.2, 0.25) is 5.91 Å². The van der Waals surface area contributed by atoms with Gasteiger partial charge in [0, 0.05) is 29.5 Å². The molecule has 0 atom stereocenters. The predicted molar refractivity (Wildman–Crippen MR) is 88.1 cm³/mol. The zero-order chi connectivity index (χ0) is 18.1. The van der Waals surface area contributed by atoms with Gasteiger partial charge in [-0.1, -0.05) is 0 Å². The Labute approximate surface area is 149 Å². The first kappa shape index (κ1) is 16.3. The molecule has 1 aromatic carbocycles. The van der Waals surface area contributed by atoms with Gasteiger partial charge in [0.25, 0.3) is 0 Å². The summed E-state index contributed by atoms with van der Waals surface area (Å²) in [5.41, 5.74) is 0.874. The lowest BCUT2D eigenvalue weighted by Gasteiger charge is -2.05. The number of hydrogen-bond donors (Lipinski definition) is 1. The third-order valence-corrected chi connectivity index (χ3v) is 4.22. The molecule has 26 heavy (non-hydrogen) atoms. The van der Waals surface area contributed by atoms with E-state index in [0.29, 0.717) is 22.2 Å². The van der Waals surface area contributed by atoms with Crippen molar-refractivity contribution in [1.82, 2.24) is 15.0 Å². The van der Waals surface area contributed by atoms with Crippen molar-refractivity contribution >= 4 is 22.9 Å². The van der Waals surface area contributed by atoms with Crippen molar-refractivity contribution < 1.29 is 23.0 Å². The quantitative estimate of drug-likeness (QED) is 0.753. The number of thiazole rings is 1. The molecule has 0 saturated heterocycles. The summed E-state index contributed by atoms with van der Waals surface area (Å²) in [5.74, 6) is -0.0766. The Morgan fingerprint density at radius 3 is 2.77 bits per heavy atom. The Kier molecular flexibility index (Phi) is 3.96. The molecule has 0 saturated carbocycles. The first-order valence-corrected chi connectivity index (χ1v) is 8.28. The van der Waals surface area contributed by atoms with Gasteiger partial charge in [0.15, 0.2) is 22.3 Å². The molecule has 10 heteroatoms. The fourth-order valence-electron chi connectivity index (χ4n) is 2.30. The summed E-state index contributed by atoms with van der Waals surface area (Å²) in [6.07, 6.45) is -0.450. The van der Waals surface area contributed by atoms with E-state index in [0.717, 1.165) is 0 Å². The first-order chi connectivity index (χ1) is 12.5. The third kappa shape index (κ3) is 3.45. The molecule has 0 aliphatic carbocycles. The van der Waals surface area contributed by atoms with Crippen LogP contribution in [0.2, 0.25) is 0 Å². The Balaban J connectivity index is 1.42. The van der Waals surface area contributed by atoms with Crippen LogP contribution in [0.3, 0.4) is 0 Å². The number of fused-ring (bicyclic) bond motifs is 1. The van der Waals surface area contributed by atoms with E-state index in [2.05, 4.69) is 29.7 Å². The number of halogens is 2. The number of anilines is 1. The smallest absolute Gasteiger partial charge is 0.395 e. The van der Waals surface area contributed by atoms with E-state index in [1.165, 1.54) is 29.5 Å². The highest BCUT2D eigenvalue weighted by Crippen LogP contribution is 2.42. The molecule has 7 nitrogen and oxygen atoms in total. The number of carbonyl (C=O) groups is 1. The van der Waals surface area contributed by atoms with E-state index in [1.807, 2.05) is 0 Å². The van der Waals surface area contributed by atoms with Gasteiger partial charge in [0.05, 0.1) is 12.1 Å². The van der Waals surface area contributed by atoms with Gasteiger partial charge in [-0.2, -0.15) is 0 Å². The number of rotatable bonds is 4. The number of amides is 1. The molecule has 1 N–H and O–H groups in total. The van der Waals surface area contributed by atoms with Gasteiger partial charge in [-0.3, -0.25) is 4.79 Å². The Morgan fingerprint density at radius 2 is 1.96 bits per heavy atom. The number of hydrogen-bond acceptors (Lipinski definition) is 7. The van der Waals surface area contributed by atoms with Crippen LogP contribution in [0, 0.1) is 0 Å². The maximum absolute atomic E-state index is 13.0. The maximum atomic E-state index is 13.0. The molecule has 0 fully saturated rings. The topological polar surface area (TPSA) is 86.2 Å². The van der Waals surface area contributed by atoms with Gasteiger partial charge in [-0.15, -0.1) is 20.1 Å². The molecule has 3 heterocycles. The summed E-state index contributed by atoms with van der Waals surface area (Å²) in [5, 5.41) is 4.96. The summed E-state index contributed by atoms with van der Waals surface area (Å²) in [4.78, 5) is 24.7. The zero-order valence-corrected chi connectivity index (χ0v) is 13.8. The van der Waals surface area contributed by atoms with Crippen molar-refractivity contribution in [3.05, 3.63) is 47.7 Å². The average molecular weight is 376 g/mol. The van der Waals surface area contributed by atoms with Crippen molar-refractivity contribution in [3.63, 3.8) is 0 Å². The lowest BCUT2D eigenvalue weighted by atomic mass is 10.2. The minimum absolute atomic E-state index is 0.0218. The highest BCUT2D eigenvalue weighted by molar-refractivity contribution is 7.13. The number of ether oxygens (including phenoxy) is 2. The number of carbonyl (C=O) groups excluding carboxylic acids is 1. The highest BCUT2D eigenvalue weighted by Gasteiger charge is 2.43. The van der Waals surface area contributed by atoms with Crippen LogP contribution in [0.15, 0.2) is 42.0 Å². The van der Waals surface area contributed by atoms with Crippen molar-refractivity contribution in [2.75, 3.05) is 5.32 Å². The Hall–Kier alpha value is -3.14. The first-order valence-electron chi connectivity index (χ1n) is 7.40. The fourth-order valence-corrected chi connectivity index (χ4v) is 3.06. The summed E-state index contributed by atoms with van der Waals surface area (Å²) in [7, 11) is 0. The van der Waals surface area contributed by atoms with Crippen LogP contribution in [0.5, 0.6) is 11.5 Å². The second kappa shape index (κ2) is 6.30. The molecular weight excluding hydrogens is 366 g/mol. The average Bonchev–Trinajstić information content (AvgIpc) is 3.17. The molecule has 0 bridgehead atoms. The molecular formula is C16H10F2N4O3S. The van der Waals surface area contributed by atoms with Crippen LogP contribution in [-0.4, -0.2) is 27.2 Å².